The summed E-state index contributed by atoms with van der Waals surface area (Å²) in [6, 6.07) is 7.68. The molecular weight excluding hydrogens is 333 g/mol. The van der Waals surface area contributed by atoms with Crippen LogP contribution < -0.4 is 0 Å². The number of hydrogen-bond acceptors (Lipinski definition) is 4. The first-order chi connectivity index (χ1) is 8.22. The van der Waals surface area contributed by atoms with E-state index in [9.17, 15) is 4.79 Å². The minimum absolute atomic E-state index is 0.217. The molecule has 0 radical (unpaired) electrons. The Morgan fingerprint density at radius 2 is 2.29 bits per heavy atom. The Morgan fingerprint density at radius 3 is 3.00 bits per heavy atom. The van der Waals surface area contributed by atoms with Crippen molar-refractivity contribution < 1.29 is 9.53 Å². The summed E-state index contributed by atoms with van der Waals surface area (Å²) in [6.07, 6.45) is 0. The minimum atomic E-state index is -0.463. The topological polar surface area (TPSA) is 67.9 Å². The van der Waals surface area contributed by atoms with Gasteiger partial charge in [0.15, 0.2) is 5.69 Å². The molecule has 1 aromatic heterocycles. The van der Waals surface area contributed by atoms with Gasteiger partial charge in [0.25, 0.3) is 0 Å². The lowest BCUT2D eigenvalue weighted by Crippen LogP contribution is -2.06. The van der Waals surface area contributed by atoms with Crippen molar-refractivity contribution in [1.82, 2.24) is 15.4 Å². The van der Waals surface area contributed by atoms with Crippen molar-refractivity contribution in [3.05, 3.63) is 33.5 Å². The lowest BCUT2D eigenvalue weighted by Gasteiger charge is -2.01. The Morgan fingerprint density at radius 1 is 1.47 bits per heavy atom. The lowest BCUT2D eigenvalue weighted by molar-refractivity contribution is 0.0520. The van der Waals surface area contributed by atoms with Gasteiger partial charge in [0.2, 0.25) is 0 Å². The van der Waals surface area contributed by atoms with E-state index in [-0.39, 0.29) is 5.69 Å². The van der Waals surface area contributed by atoms with Crippen LogP contribution in [0.2, 0.25) is 0 Å². The van der Waals surface area contributed by atoms with Crippen LogP contribution >= 0.6 is 22.6 Å². The Labute approximate surface area is 112 Å². The molecule has 0 fully saturated rings. The van der Waals surface area contributed by atoms with E-state index in [0.29, 0.717) is 12.3 Å². The normalized spacial score (nSPS) is 10.2. The molecule has 0 amide bonds. The third kappa shape index (κ3) is 2.63. The molecule has 17 heavy (non-hydrogen) atoms. The van der Waals surface area contributed by atoms with Crippen molar-refractivity contribution in [2.45, 2.75) is 6.92 Å². The van der Waals surface area contributed by atoms with Gasteiger partial charge in [-0.2, -0.15) is 10.3 Å². The number of aromatic nitrogens is 3. The minimum Gasteiger partial charge on any atom is -0.461 e. The molecule has 2 aromatic rings. The SMILES string of the molecule is CCOC(=O)c1n[nH]nc1-c1cccc(I)c1. The second-order valence-corrected chi connectivity index (χ2v) is 4.50. The van der Waals surface area contributed by atoms with Crippen LogP contribution in [0, 0.1) is 3.57 Å². The van der Waals surface area contributed by atoms with E-state index in [1.54, 1.807) is 6.92 Å². The first kappa shape index (κ1) is 12.0. The van der Waals surface area contributed by atoms with Gasteiger partial charge in [0.05, 0.1) is 6.61 Å². The molecule has 0 spiro atoms. The molecule has 0 atom stereocenters. The number of carbonyl (C=O) groups is 1. The third-order valence-corrected chi connectivity index (χ3v) is 2.79. The number of hydrogen-bond donors (Lipinski definition) is 1. The highest BCUT2D eigenvalue weighted by molar-refractivity contribution is 14.1. The first-order valence-corrected chi connectivity index (χ1v) is 6.14. The molecule has 1 aromatic carbocycles. The van der Waals surface area contributed by atoms with Gasteiger partial charge in [-0.25, -0.2) is 4.79 Å². The number of nitrogens with zero attached hydrogens (tertiary/aromatic N) is 2. The van der Waals surface area contributed by atoms with Gasteiger partial charge in [-0.05, 0) is 41.6 Å². The molecule has 0 aliphatic heterocycles. The van der Waals surface area contributed by atoms with E-state index in [1.807, 2.05) is 24.3 Å². The summed E-state index contributed by atoms with van der Waals surface area (Å²) in [7, 11) is 0. The number of rotatable bonds is 3. The molecule has 0 saturated carbocycles. The molecule has 1 N–H and O–H groups in total. The van der Waals surface area contributed by atoms with Crippen LogP contribution in [0.25, 0.3) is 11.3 Å². The monoisotopic (exact) mass is 343 g/mol. The van der Waals surface area contributed by atoms with Crippen LogP contribution in [-0.4, -0.2) is 28.0 Å². The van der Waals surface area contributed by atoms with Crippen LogP contribution in [0.1, 0.15) is 17.4 Å². The zero-order valence-corrected chi connectivity index (χ0v) is 11.3. The average Bonchev–Trinajstić information content (AvgIpc) is 2.78. The summed E-state index contributed by atoms with van der Waals surface area (Å²) in [5.41, 5.74) is 1.57. The number of esters is 1. The van der Waals surface area contributed by atoms with Gasteiger partial charge in [-0.3, -0.25) is 0 Å². The summed E-state index contributed by atoms with van der Waals surface area (Å²) in [5, 5.41) is 10.3. The van der Waals surface area contributed by atoms with Gasteiger partial charge >= 0.3 is 5.97 Å². The molecule has 0 unspecified atom stereocenters. The van der Waals surface area contributed by atoms with E-state index in [0.717, 1.165) is 9.13 Å². The van der Waals surface area contributed by atoms with Gasteiger partial charge in [-0.15, -0.1) is 5.10 Å². The predicted octanol–water partition coefficient (Wildman–Crippen LogP) is 2.25. The number of aromatic amines is 1. The van der Waals surface area contributed by atoms with Gasteiger partial charge in [0.1, 0.15) is 5.69 Å². The molecular formula is C11H10IN3O2. The highest BCUT2D eigenvalue weighted by Gasteiger charge is 2.18. The quantitative estimate of drug-likeness (QED) is 0.686. The second-order valence-electron chi connectivity index (χ2n) is 3.25. The summed E-state index contributed by atoms with van der Waals surface area (Å²) < 4.78 is 5.98. The summed E-state index contributed by atoms with van der Waals surface area (Å²) >= 11 is 2.20. The van der Waals surface area contributed by atoms with Crippen molar-refractivity contribution in [3.63, 3.8) is 0 Å². The first-order valence-electron chi connectivity index (χ1n) is 5.06. The molecule has 0 bridgehead atoms. The van der Waals surface area contributed by atoms with Gasteiger partial charge in [-0.1, -0.05) is 12.1 Å². The Balaban J connectivity index is 2.40. The number of benzene rings is 1. The zero-order chi connectivity index (χ0) is 12.3. The van der Waals surface area contributed by atoms with E-state index in [2.05, 4.69) is 38.0 Å². The highest BCUT2D eigenvalue weighted by atomic mass is 127. The largest absolute Gasteiger partial charge is 0.461 e. The summed E-state index contributed by atoms with van der Waals surface area (Å²) in [5.74, 6) is -0.463. The molecule has 6 heteroatoms. The average molecular weight is 343 g/mol. The lowest BCUT2D eigenvalue weighted by atomic mass is 10.1. The number of ether oxygens (including phenoxy) is 1. The van der Waals surface area contributed by atoms with Crippen LogP contribution in [0.4, 0.5) is 0 Å². The molecule has 1 heterocycles. The third-order valence-electron chi connectivity index (χ3n) is 2.11. The number of nitrogens with one attached hydrogen (secondary N) is 1. The van der Waals surface area contributed by atoms with Crippen LogP contribution in [0.3, 0.4) is 0 Å². The fraction of sp³-hybridized carbons (Fsp3) is 0.182. The smallest absolute Gasteiger partial charge is 0.361 e. The molecule has 2 rings (SSSR count). The number of H-pyrrole nitrogens is 1. The van der Waals surface area contributed by atoms with Crippen molar-refractivity contribution in [2.24, 2.45) is 0 Å². The zero-order valence-electron chi connectivity index (χ0n) is 9.11. The molecule has 88 valence electrons. The van der Waals surface area contributed by atoms with Crippen LogP contribution in [0.15, 0.2) is 24.3 Å². The second kappa shape index (κ2) is 5.26. The molecule has 0 saturated heterocycles. The van der Waals surface area contributed by atoms with Crippen molar-refractivity contribution >= 4 is 28.6 Å². The number of halogens is 1. The summed E-state index contributed by atoms with van der Waals surface area (Å²) in [6.45, 7) is 2.07. The van der Waals surface area contributed by atoms with Crippen molar-refractivity contribution in [3.8, 4) is 11.3 Å². The standard InChI is InChI=1S/C11H10IN3O2/c1-2-17-11(16)10-9(13-15-14-10)7-4-3-5-8(12)6-7/h3-6H,2H2,1H3,(H,13,14,15). The van der Waals surface area contributed by atoms with E-state index in [1.165, 1.54) is 0 Å². The van der Waals surface area contributed by atoms with Gasteiger partial charge in [0, 0.05) is 9.13 Å². The molecule has 0 aliphatic rings. The van der Waals surface area contributed by atoms with E-state index in [4.69, 9.17) is 4.74 Å². The highest BCUT2D eigenvalue weighted by Crippen LogP contribution is 2.21. The Hall–Kier alpha value is -1.44. The Kier molecular flexibility index (Phi) is 3.72. The maximum Gasteiger partial charge on any atom is 0.361 e. The predicted molar refractivity (Wildman–Crippen MR) is 70.5 cm³/mol. The van der Waals surface area contributed by atoms with E-state index < -0.39 is 5.97 Å². The Bertz CT molecular complexity index is 539. The van der Waals surface area contributed by atoms with Crippen molar-refractivity contribution in [1.29, 1.82) is 0 Å². The van der Waals surface area contributed by atoms with Crippen LogP contribution in [0.5, 0.6) is 0 Å². The fourth-order valence-corrected chi connectivity index (χ4v) is 1.95. The molecule has 0 aliphatic carbocycles. The summed E-state index contributed by atoms with van der Waals surface area (Å²) in [4.78, 5) is 11.6. The van der Waals surface area contributed by atoms with E-state index >= 15 is 0 Å². The maximum atomic E-state index is 11.6. The van der Waals surface area contributed by atoms with Crippen LogP contribution in [-0.2, 0) is 4.74 Å². The maximum absolute atomic E-state index is 11.6. The fourth-order valence-electron chi connectivity index (χ4n) is 1.41. The molecule has 5 nitrogen and oxygen atoms in total. The number of carbonyl (C=O) groups excluding carboxylic acids is 1. The van der Waals surface area contributed by atoms with Gasteiger partial charge < -0.3 is 4.74 Å². The van der Waals surface area contributed by atoms with Crippen molar-refractivity contribution in [2.75, 3.05) is 6.61 Å².